The van der Waals surface area contributed by atoms with Crippen LogP contribution in [0.4, 0.5) is 34.1 Å². The molecule has 1 aromatic heterocycles. The zero-order valence-electron chi connectivity index (χ0n) is 32.9. The fourth-order valence-electron chi connectivity index (χ4n) is 7.74. The van der Waals surface area contributed by atoms with Crippen molar-refractivity contribution in [2.45, 2.75) is 119 Å². The van der Waals surface area contributed by atoms with Crippen LogP contribution in [0, 0.1) is 13.8 Å². The van der Waals surface area contributed by atoms with Crippen LogP contribution in [0.3, 0.4) is 0 Å². The molecule has 2 aliphatic rings. The second-order valence-corrected chi connectivity index (χ2v) is 20.2. The van der Waals surface area contributed by atoms with E-state index < -0.39 is 0 Å². The number of hydrogen-bond acceptors (Lipinski definition) is 3. The van der Waals surface area contributed by atoms with Crippen molar-refractivity contribution in [1.82, 2.24) is 0 Å². The lowest BCUT2D eigenvalue weighted by Crippen LogP contribution is -2.60. The Morgan fingerprint density at radius 3 is 1.40 bits per heavy atom. The summed E-state index contributed by atoms with van der Waals surface area (Å²) >= 11 is 1.99. The fourth-order valence-corrected chi connectivity index (χ4v) is 9.02. The number of nitrogens with zero attached hydrogens (tertiary/aromatic N) is 2. The number of anilines is 6. The molecule has 0 amide bonds. The zero-order chi connectivity index (χ0) is 36.3. The Morgan fingerprint density at radius 2 is 0.920 bits per heavy atom. The standard InChI is InChI=1S/C46H55BN2S/c1-28-29(2)50-42-41(28)49(35-22-17-31(18-23-35)44(6,7)8)39-27-33(46(12,13)14)26-38-40(39)47(42)36-25-32(45(9,10)11)19-24-37(36)48(38)34-20-15-30(16-21-34)43(3,4)5/h15-27H,1-14H3. The summed E-state index contributed by atoms with van der Waals surface area (Å²) < 4.78 is 1.45. The van der Waals surface area contributed by atoms with E-state index >= 15 is 0 Å². The molecule has 258 valence electrons. The molecule has 5 aromatic rings. The zero-order valence-corrected chi connectivity index (χ0v) is 33.7. The molecule has 0 aliphatic carbocycles. The number of thiophene rings is 1. The monoisotopic (exact) mass is 678 g/mol. The first-order valence-electron chi connectivity index (χ1n) is 18.4. The molecule has 3 heterocycles. The molecule has 0 fully saturated rings. The van der Waals surface area contributed by atoms with Gasteiger partial charge >= 0.3 is 0 Å². The van der Waals surface area contributed by atoms with E-state index in [0.717, 1.165) is 0 Å². The van der Waals surface area contributed by atoms with Crippen LogP contribution in [0.25, 0.3) is 0 Å². The molecule has 7 rings (SSSR count). The number of fused-ring (bicyclic) bond motifs is 4. The number of hydrogen-bond donors (Lipinski definition) is 0. The maximum Gasteiger partial charge on any atom is 0.264 e. The highest BCUT2D eigenvalue weighted by molar-refractivity contribution is 7.29. The second kappa shape index (κ2) is 11.4. The summed E-state index contributed by atoms with van der Waals surface area (Å²) in [5, 5.41) is 0. The first-order valence-corrected chi connectivity index (χ1v) is 19.2. The predicted molar refractivity (Wildman–Crippen MR) is 223 cm³/mol. The van der Waals surface area contributed by atoms with Crippen LogP contribution >= 0.6 is 11.3 Å². The van der Waals surface area contributed by atoms with Gasteiger partial charge in [0.05, 0.1) is 5.69 Å². The Labute approximate surface area is 306 Å². The SMILES string of the molecule is Cc1sc2c(c1C)N(c1ccc(C(C)(C)C)cc1)c1cc(C(C)(C)C)cc3c1B2c1cc(C(C)(C)C)ccc1N3c1ccc(C(C)(C)C)cc1. The summed E-state index contributed by atoms with van der Waals surface area (Å²) in [6, 6.07) is 31.0. The number of benzene rings is 4. The van der Waals surface area contributed by atoms with Gasteiger partial charge in [-0.1, -0.05) is 119 Å². The van der Waals surface area contributed by atoms with Crippen LogP contribution in [0.5, 0.6) is 0 Å². The lowest BCUT2D eigenvalue weighted by Gasteiger charge is -2.44. The highest BCUT2D eigenvalue weighted by atomic mass is 32.1. The third-order valence-corrected chi connectivity index (χ3v) is 12.3. The lowest BCUT2D eigenvalue weighted by molar-refractivity contribution is 0.589. The van der Waals surface area contributed by atoms with E-state index in [0.29, 0.717) is 0 Å². The quantitative estimate of drug-likeness (QED) is 0.168. The van der Waals surface area contributed by atoms with Gasteiger partial charge in [0.1, 0.15) is 0 Å². The molecule has 4 aromatic carbocycles. The molecule has 50 heavy (non-hydrogen) atoms. The van der Waals surface area contributed by atoms with Gasteiger partial charge in [0.2, 0.25) is 0 Å². The third-order valence-electron chi connectivity index (χ3n) is 11.1. The Morgan fingerprint density at radius 1 is 0.480 bits per heavy atom. The summed E-state index contributed by atoms with van der Waals surface area (Å²) in [6.45, 7) is 32.6. The van der Waals surface area contributed by atoms with Crippen molar-refractivity contribution < 1.29 is 0 Å². The number of aryl methyl sites for hydroxylation is 1. The van der Waals surface area contributed by atoms with Gasteiger partial charge in [-0.25, -0.2) is 0 Å². The van der Waals surface area contributed by atoms with Gasteiger partial charge in [0.15, 0.2) is 0 Å². The van der Waals surface area contributed by atoms with E-state index in [1.54, 1.807) is 0 Å². The van der Waals surface area contributed by atoms with Gasteiger partial charge in [-0.3, -0.25) is 0 Å². The lowest BCUT2D eigenvalue weighted by atomic mass is 9.36. The van der Waals surface area contributed by atoms with Gasteiger partial charge in [0, 0.05) is 38.1 Å². The summed E-state index contributed by atoms with van der Waals surface area (Å²) in [5.41, 5.74) is 17.5. The van der Waals surface area contributed by atoms with Gasteiger partial charge in [-0.15, -0.1) is 0 Å². The predicted octanol–water partition coefficient (Wildman–Crippen LogP) is 11.6. The van der Waals surface area contributed by atoms with Gasteiger partial charge < -0.3 is 9.80 Å². The molecule has 0 N–H and O–H groups in total. The van der Waals surface area contributed by atoms with Crippen molar-refractivity contribution in [3.63, 3.8) is 0 Å². The Balaban J connectivity index is 1.59. The molecule has 0 radical (unpaired) electrons. The minimum absolute atomic E-state index is 0.0348. The van der Waals surface area contributed by atoms with Crippen molar-refractivity contribution in [2.75, 3.05) is 9.80 Å². The van der Waals surface area contributed by atoms with Crippen LogP contribution in [0.2, 0.25) is 0 Å². The highest BCUT2D eigenvalue weighted by Crippen LogP contribution is 2.49. The maximum atomic E-state index is 2.60. The minimum Gasteiger partial charge on any atom is -0.311 e. The van der Waals surface area contributed by atoms with Crippen LogP contribution in [-0.4, -0.2) is 6.71 Å². The van der Waals surface area contributed by atoms with Crippen molar-refractivity contribution in [2.24, 2.45) is 0 Å². The summed E-state index contributed by atoms with van der Waals surface area (Å²) in [6.07, 6.45) is 0. The summed E-state index contributed by atoms with van der Waals surface area (Å²) in [7, 11) is 0. The van der Waals surface area contributed by atoms with Crippen molar-refractivity contribution in [3.05, 3.63) is 112 Å². The normalized spacial score (nSPS) is 14.5. The summed E-state index contributed by atoms with van der Waals surface area (Å²) in [5.74, 6) is 0. The molecular formula is C46H55BN2S. The smallest absolute Gasteiger partial charge is 0.264 e. The van der Waals surface area contributed by atoms with E-state index in [4.69, 9.17) is 0 Å². The molecular weight excluding hydrogens is 623 g/mol. The third kappa shape index (κ3) is 5.63. The molecule has 0 spiro atoms. The molecule has 0 saturated carbocycles. The fraction of sp³-hybridized carbons (Fsp3) is 0.391. The topological polar surface area (TPSA) is 6.48 Å². The van der Waals surface area contributed by atoms with Gasteiger partial charge in [-0.2, -0.15) is 11.3 Å². The van der Waals surface area contributed by atoms with Crippen molar-refractivity contribution >= 4 is 67.9 Å². The highest BCUT2D eigenvalue weighted by Gasteiger charge is 2.46. The average molecular weight is 679 g/mol. The van der Waals surface area contributed by atoms with Crippen LogP contribution in [0.15, 0.2) is 78.9 Å². The van der Waals surface area contributed by atoms with E-state index in [9.17, 15) is 0 Å². The van der Waals surface area contributed by atoms with E-state index in [1.165, 1.54) is 82.5 Å². The molecule has 2 nitrogen and oxygen atoms in total. The Bertz CT molecular complexity index is 2110. The largest absolute Gasteiger partial charge is 0.311 e. The Kier molecular flexibility index (Phi) is 7.89. The second-order valence-electron chi connectivity index (χ2n) is 18.9. The molecule has 0 unspecified atom stereocenters. The van der Waals surface area contributed by atoms with E-state index in [2.05, 4.69) is 186 Å². The van der Waals surface area contributed by atoms with Crippen molar-refractivity contribution in [1.29, 1.82) is 0 Å². The van der Waals surface area contributed by atoms with Crippen LogP contribution in [0.1, 0.15) is 116 Å². The first-order chi connectivity index (χ1) is 23.2. The molecule has 0 bridgehead atoms. The first kappa shape index (κ1) is 34.7. The summed E-state index contributed by atoms with van der Waals surface area (Å²) in [4.78, 5) is 6.56. The maximum absolute atomic E-state index is 2.60. The van der Waals surface area contributed by atoms with Gasteiger partial charge in [-0.05, 0) is 117 Å². The van der Waals surface area contributed by atoms with E-state index in [1.807, 2.05) is 11.3 Å². The minimum atomic E-state index is -0.0409. The van der Waals surface area contributed by atoms with E-state index in [-0.39, 0.29) is 28.4 Å². The van der Waals surface area contributed by atoms with Crippen LogP contribution in [-0.2, 0) is 21.7 Å². The van der Waals surface area contributed by atoms with Crippen LogP contribution < -0.4 is 25.5 Å². The van der Waals surface area contributed by atoms with Gasteiger partial charge in [0.25, 0.3) is 6.71 Å². The molecule has 0 atom stereocenters. The average Bonchev–Trinajstić information content (AvgIpc) is 3.32. The number of rotatable bonds is 2. The molecule has 2 aliphatic heterocycles. The van der Waals surface area contributed by atoms with Crippen molar-refractivity contribution in [3.8, 4) is 0 Å². The Hall–Kier alpha value is -3.76. The molecule has 4 heteroatoms. The molecule has 0 saturated heterocycles.